The van der Waals surface area contributed by atoms with E-state index in [0.717, 1.165) is 11.3 Å². The molecule has 0 bridgehead atoms. The summed E-state index contributed by atoms with van der Waals surface area (Å²) in [6.07, 6.45) is 0. The summed E-state index contributed by atoms with van der Waals surface area (Å²) in [7, 11) is 0. The molecule has 2 nitrogen and oxygen atoms in total. The van der Waals surface area contributed by atoms with Crippen molar-refractivity contribution in [2.75, 3.05) is 11.4 Å². The molecule has 0 fully saturated rings. The summed E-state index contributed by atoms with van der Waals surface area (Å²) in [4.78, 5) is 1.95. The van der Waals surface area contributed by atoms with E-state index in [1.54, 1.807) is 6.07 Å². The molecule has 0 spiro atoms. The van der Waals surface area contributed by atoms with E-state index >= 15 is 0 Å². The van der Waals surface area contributed by atoms with Crippen molar-refractivity contribution >= 4 is 11.4 Å². The quantitative estimate of drug-likeness (QED) is 0.905. The van der Waals surface area contributed by atoms with Crippen LogP contribution < -0.4 is 10.6 Å². The van der Waals surface area contributed by atoms with Crippen molar-refractivity contribution in [3.63, 3.8) is 0 Å². The van der Waals surface area contributed by atoms with Crippen LogP contribution in [0.2, 0.25) is 0 Å². The average Bonchev–Trinajstić information content (AvgIpc) is 2.43. The van der Waals surface area contributed by atoms with Crippen LogP contribution in [-0.4, -0.2) is 6.54 Å². The Bertz CT molecular complexity index is 549. The molecule has 2 N–H and O–H groups in total. The molecule has 3 heteroatoms. The van der Waals surface area contributed by atoms with Gasteiger partial charge in [0, 0.05) is 18.8 Å². The largest absolute Gasteiger partial charge is 0.339 e. The van der Waals surface area contributed by atoms with E-state index in [0.29, 0.717) is 18.8 Å². The molecule has 2 aromatic carbocycles. The first-order valence-corrected chi connectivity index (χ1v) is 6.48. The zero-order chi connectivity index (χ0) is 13.8. The van der Waals surface area contributed by atoms with Crippen LogP contribution in [0.3, 0.4) is 0 Å². The van der Waals surface area contributed by atoms with Crippen LogP contribution in [0.5, 0.6) is 0 Å². The van der Waals surface area contributed by atoms with Crippen molar-refractivity contribution in [3.8, 4) is 0 Å². The molecule has 0 heterocycles. The summed E-state index contributed by atoms with van der Waals surface area (Å²) in [5, 5.41) is 0. The van der Waals surface area contributed by atoms with Gasteiger partial charge in [-0.3, -0.25) is 0 Å². The van der Waals surface area contributed by atoms with Crippen molar-refractivity contribution in [2.45, 2.75) is 20.4 Å². The van der Waals surface area contributed by atoms with E-state index < -0.39 is 0 Å². The summed E-state index contributed by atoms with van der Waals surface area (Å²) < 4.78 is 14.1. The molecule has 0 aliphatic rings. The molecule has 0 saturated carbocycles. The summed E-state index contributed by atoms with van der Waals surface area (Å²) >= 11 is 0. The van der Waals surface area contributed by atoms with Crippen LogP contribution in [0.4, 0.5) is 15.8 Å². The molecule has 0 aromatic heterocycles. The van der Waals surface area contributed by atoms with E-state index in [1.165, 1.54) is 11.6 Å². The van der Waals surface area contributed by atoms with Gasteiger partial charge in [0.05, 0.1) is 5.69 Å². The highest BCUT2D eigenvalue weighted by molar-refractivity contribution is 5.64. The highest BCUT2D eigenvalue weighted by atomic mass is 19.1. The van der Waals surface area contributed by atoms with Crippen LogP contribution in [0.1, 0.15) is 18.1 Å². The average molecular weight is 258 g/mol. The Kier molecular flexibility index (Phi) is 4.17. The number of halogens is 1. The van der Waals surface area contributed by atoms with Gasteiger partial charge in [0.25, 0.3) is 0 Å². The molecule has 0 aliphatic carbocycles. The van der Waals surface area contributed by atoms with Crippen molar-refractivity contribution in [2.24, 2.45) is 5.73 Å². The van der Waals surface area contributed by atoms with Crippen molar-refractivity contribution in [1.82, 2.24) is 0 Å². The first kappa shape index (κ1) is 13.6. The zero-order valence-electron chi connectivity index (χ0n) is 11.4. The minimum absolute atomic E-state index is 0.231. The second kappa shape index (κ2) is 5.85. The van der Waals surface area contributed by atoms with Crippen LogP contribution in [-0.2, 0) is 6.54 Å². The smallest absolute Gasteiger partial charge is 0.147 e. The van der Waals surface area contributed by atoms with Crippen molar-refractivity contribution in [3.05, 3.63) is 59.4 Å². The normalized spacial score (nSPS) is 10.5. The standard InChI is InChI=1S/C16H19FN2/c1-3-19(14-7-4-12(2)5-8-14)16-9-6-13(11-18)10-15(16)17/h4-10H,3,11,18H2,1-2H3. The highest BCUT2D eigenvalue weighted by Crippen LogP contribution is 2.28. The van der Waals surface area contributed by atoms with Gasteiger partial charge in [-0.1, -0.05) is 23.8 Å². The lowest BCUT2D eigenvalue weighted by Crippen LogP contribution is -2.17. The lowest BCUT2D eigenvalue weighted by atomic mass is 10.1. The van der Waals surface area contributed by atoms with E-state index in [-0.39, 0.29) is 5.82 Å². The van der Waals surface area contributed by atoms with Gasteiger partial charge in [0.15, 0.2) is 0 Å². The van der Waals surface area contributed by atoms with Gasteiger partial charge in [0.1, 0.15) is 5.82 Å². The number of rotatable bonds is 4. The molecule has 0 unspecified atom stereocenters. The fourth-order valence-electron chi connectivity index (χ4n) is 2.11. The number of nitrogens with two attached hydrogens (primary N) is 1. The zero-order valence-corrected chi connectivity index (χ0v) is 11.4. The molecule has 2 aromatic rings. The van der Waals surface area contributed by atoms with Gasteiger partial charge in [-0.2, -0.15) is 0 Å². The number of nitrogens with zero attached hydrogens (tertiary/aromatic N) is 1. The molecule has 2 rings (SSSR count). The number of benzene rings is 2. The maximum Gasteiger partial charge on any atom is 0.147 e. The SMILES string of the molecule is CCN(c1ccc(C)cc1)c1ccc(CN)cc1F. The van der Waals surface area contributed by atoms with Gasteiger partial charge < -0.3 is 10.6 Å². The number of aryl methyl sites for hydroxylation is 1. The molecular formula is C16H19FN2. The van der Waals surface area contributed by atoms with Crippen LogP contribution in [0, 0.1) is 12.7 Å². The van der Waals surface area contributed by atoms with Crippen LogP contribution in [0.15, 0.2) is 42.5 Å². The summed E-state index contributed by atoms with van der Waals surface area (Å²) in [6, 6.07) is 13.3. The highest BCUT2D eigenvalue weighted by Gasteiger charge is 2.12. The number of hydrogen-bond acceptors (Lipinski definition) is 2. The number of hydrogen-bond donors (Lipinski definition) is 1. The Labute approximate surface area is 113 Å². The van der Waals surface area contributed by atoms with E-state index in [2.05, 4.69) is 0 Å². The summed E-state index contributed by atoms with van der Waals surface area (Å²) in [5.41, 5.74) is 9.10. The Balaban J connectivity index is 2.39. The van der Waals surface area contributed by atoms with Crippen molar-refractivity contribution < 1.29 is 4.39 Å². The third kappa shape index (κ3) is 2.93. The van der Waals surface area contributed by atoms with Gasteiger partial charge in [0.2, 0.25) is 0 Å². The predicted molar refractivity (Wildman–Crippen MR) is 78.2 cm³/mol. The Morgan fingerprint density at radius 2 is 1.79 bits per heavy atom. The first-order valence-electron chi connectivity index (χ1n) is 6.48. The Hall–Kier alpha value is -1.87. The maximum absolute atomic E-state index is 14.1. The van der Waals surface area contributed by atoms with Crippen LogP contribution in [0.25, 0.3) is 0 Å². The first-order chi connectivity index (χ1) is 9.15. The van der Waals surface area contributed by atoms with Crippen molar-refractivity contribution in [1.29, 1.82) is 0 Å². The summed E-state index contributed by atoms with van der Waals surface area (Å²) in [6.45, 7) is 5.11. The minimum atomic E-state index is -0.231. The fraction of sp³-hybridized carbons (Fsp3) is 0.250. The monoisotopic (exact) mass is 258 g/mol. The van der Waals surface area contributed by atoms with Gasteiger partial charge >= 0.3 is 0 Å². The van der Waals surface area contributed by atoms with E-state index in [4.69, 9.17) is 5.73 Å². The molecule has 0 radical (unpaired) electrons. The second-order valence-electron chi connectivity index (χ2n) is 4.57. The Morgan fingerprint density at radius 1 is 1.11 bits per heavy atom. The van der Waals surface area contributed by atoms with Crippen LogP contribution >= 0.6 is 0 Å². The van der Waals surface area contributed by atoms with E-state index in [9.17, 15) is 4.39 Å². The molecule has 0 amide bonds. The maximum atomic E-state index is 14.1. The minimum Gasteiger partial charge on any atom is -0.339 e. The second-order valence-corrected chi connectivity index (χ2v) is 4.57. The van der Waals surface area contributed by atoms with E-state index in [1.807, 2.05) is 49.1 Å². The fourth-order valence-corrected chi connectivity index (χ4v) is 2.11. The lowest BCUT2D eigenvalue weighted by Gasteiger charge is -2.24. The molecule has 0 aliphatic heterocycles. The molecular weight excluding hydrogens is 239 g/mol. The third-order valence-electron chi connectivity index (χ3n) is 3.20. The molecule has 0 saturated heterocycles. The molecule has 0 atom stereocenters. The number of anilines is 2. The van der Waals surface area contributed by atoms with Gasteiger partial charge in [-0.05, 0) is 43.7 Å². The third-order valence-corrected chi connectivity index (χ3v) is 3.20. The predicted octanol–water partition coefficient (Wildman–Crippen LogP) is 3.75. The molecule has 19 heavy (non-hydrogen) atoms. The Morgan fingerprint density at radius 3 is 2.32 bits per heavy atom. The lowest BCUT2D eigenvalue weighted by molar-refractivity contribution is 0.623. The molecule has 100 valence electrons. The topological polar surface area (TPSA) is 29.3 Å². The summed E-state index contributed by atoms with van der Waals surface area (Å²) in [5.74, 6) is -0.231. The van der Waals surface area contributed by atoms with Gasteiger partial charge in [-0.15, -0.1) is 0 Å². The van der Waals surface area contributed by atoms with Gasteiger partial charge in [-0.25, -0.2) is 4.39 Å².